The summed E-state index contributed by atoms with van der Waals surface area (Å²) >= 11 is 0. The maximum atomic E-state index is 11.8. The van der Waals surface area contributed by atoms with Crippen LogP contribution in [0.4, 0.5) is 5.82 Å². The number of ether oxygens (including phenoxy) is 2. The number of hydrogen-bond acceptors (Lipinski definition) is 8. The van der Waals surface area contributed by atoms with Gasteiger partial charge in [0, 0.05) is 19.3 Å². The quantitative estimate of drug-likeness (QED) is 0.306. The Morgan fingerprint density at radius 3 is 2.62 bits per heavy atom. The van der Waals surface area contributed by atoms with E-state index < -0.39 is 38.0 Å². The Kier molecular flexibility index (Phi) is 6.56. The zero-order valence-electron chi connectivity index (χ0n) is 17.7. The van der Waals surface area contributed by atoms with E-state index in [2.05, 4.69) is 27.1 Å². The van der Waals surface area contributed by atoms with Crippen LogP contribution >= 0.6 is 7.60 Å². The molecular weight excluding hydrogens is 439 g/mol. The standard InChI is InChI=1S/C20H27N4O7P/c1-3-6-13-22-17(21-11-7-4-5-8-11)12-9-10-24(18(12)23-13)19-15(26)14(25)16(31-19)20(30-2)32(27,28)29/h9-11,14-16,19-20,25-26H,4-5,7-8H2,1-2H3,(H,21,22,23)(H2,27,28,29)/t14-,15+,16+,19+,20?/m0/s1. The van der Waals surface area contributed by atoms with Crippen LogP contribution in [0.3, 0.4) is 0 Å². The van der Waals surface area contributed by atoms with Crippen LogP contribution in [0.25, 0.3) is 11.0 Å². The molecule has 2 aromatic heterocycles. The molecule has 12 heteroatoms. The third-order valence-corrected chi connectivity index (χ3v) is 7.08. The zero-order chi connectivity index (χ0) is 23.0. The summed E-state index contributed by atoms with van der Waals surface area (Å²) < 4.78 is 23.9. The van der Waals surface area contributed by atoms with Crippen LogP contribution in [-0.4, -0.2) is 71.8 Å². The fraction of sp³-hybridized carbons (Fsp3) is 0.600. The molecule has 0 radical (unpaired) electrons. The minimum atomic E-state index is -4.76. The van der Waals surface area contributed by atoms with Gasteiger partial charge in [-0.15, -0.1) is 0 Å². The predicted molar refractivity (Wildman–Crippen MR) is 115 cm³/mol. The first-order valence-electron chi connectivity index (χ1n) is 10.4. The Labute approximate surface area is 184 Å². The smallest absolute Gasteiger partial charge is 0.356 e. The largest absolute Gasteiger partial charge is 0.387 e. The number of aliphatic hydroxyl groups excluding tert-OH is 2. The molecule has 1 saturated carbocycles. The van der Waals surface area contributed by atoms with E-state index in [1.807, 2.05) is 0 Å². The molecule has 0 spiro atoms. The lowest BCUT2D eigenvalue weighted by atomic mass is 10.1. The van der Waals surface area contributed by atoms with Gasteiger partial charge in [-0.1, -0.05) is 18.8 Å². The average Bonchev–Trinajstić information content (AvgIpc) is 3.44. The summed E-state index contributed by atoms with van der Waals surface area (Å²) in [5, 5.41) is 25.3. The number of anilines is 1. The Balaban J connectivity index is 1.73. The molecule has 1 saturated heterocycles. The number of aliphatic hydroxyl groups is 2. The van der Waals surface area contributed by atoms with E-state index in [0.29, 0.717) is 22.9 Å². The van der Waals surface area contributed by atoms with Crippen LogP contribution in [-0.2, 0) is 14.0 Å². The second-order valence-electron chi connectivity index (χ2n) is 8.04. The molecule has 5 N–H and O–H groups in total. The van der Waals surface area contributed by atoms with Gasteiger partial charge in [-0.05, 0) is 31.8 Å². The molecule has 0 aromatic carbocycles. The van der Waals surface area contributed by atoms with Crippen LogP contribution in [0.15, 0.2) is 12.3 Å². The highest BCUT2D eigenvalue weighted by molar-refractivity contribution is 7.52. The molecule has 3 heterocycles. The highest BCUT2D eigenvalue weighted by Crippen LogP contribution is 2.48. The summed E-state index contributed by atoms with van der Waals surface area (Å²) in [6.07, 6.45) is 0.376. The number of fused-ring (bicyclic) bond motifs is 1. The zero-order valence-corrected chi connectivity index (χ0v) is 18.6. The van der Waals surface area contributed by atoms with E-state index in [0.717, 1.165) is 32.8 Å². The number of hydrogen-bond donors (Lipinski definition) is 5. The average molecular weight is 466 g/mol. The van der Waals surface area contributed by atoms with Gasteiger partial charge in [-0.3, -0.25) is 4.57 Å². The Morgan fingerprint density at radius 2 is 2.00 bits per heavy atom. The molecule has 1 aliphatic heterocycles. The molecule has 174 valence electrons. The lowest BCUT2D eigenvalue weighted by molar-refractivity contribution is -0.0759. The summed E-state index contributed by atoms with van der Waals surface area (Å²) in [5.74, 6) is 4.80. The molecule has 2 aliphatic rings. The number of nitrogens with one attached hydrogen (secondary N) is 1. The molecule has 1 unspecified atom stereocenters. The fourth-order valence-corrected chi connectivity index (χ4v) is 5.30. The van der Waals surface area contributed by atoms with Gasteiger partial charge < -0.3 is 39.4 Å². The third-order valence-electron chi connectivity index (χ3n) is 5.91. The summed E-state index contributed by atoms with van der Waals surface area (Å²) in [6, 6.07) is 2.06. The Hall–Kier alpha value is -2.03. The van der Waals surface area contributed by atoms with Crippen LogP contribution in [0.5, 0.6) is 0 Å². The van der Waals surface area contributed by atoms with Gasteiger partial charge in [0.15, 0.2) is 12.1 Å². The van der Waals surface area contributed by atoms with Crippen molar-refractivity contribution in [2.24, 2.45) is 0 Å². The molecule has 32 heavy (non-hydrogen) atoms. The molecule has 11 nitrogen and oxygen atoms in total. The SMILES string of the molecule is CC#Cc1nc(NC2CCCC2)c2ccn([C@@H]3O[C@@H](C(OC)P(=O)(O)O)[C@@H](O)[C@H]3O)c2n1. The third kappa shape index (κ3) is 4.28. The van der Waals surface area contributed by atoms with E-state index in [-0.39, 0.29) is 5.82 Å². The van der Waals surface area contributed by atoms with Crippen molar-refractivity contribution < 1.29 is 34.0 Å². The molecular formula is C20H27N4O7P. The predicted octanol–water partition coefficient (Wildman–Crippen LogP) is 0.927. The van der Waals surface area contributed by atoms with E-state index in [1.165, 1.54) is 4.57 Å². The fourth-order valence-electron chi connectivity index (χ4n) is 4.39. The number of nitrogens with zero attached hydrogens (tertiary/aromatic N) is 3. The van der Waals surface area contributed by atoms with Gasteiger partial charge in [-0.25, -0.2) is 9.97 Å². The van der Waals surface area contributed by atoms with E-state index in [9.17, 15) is 24.6 Å². The molecule has 2 fully saturated rings. The maximum Gasteiger partial charge on any atom is 0.356 e. The maximum absolute atomic E-state index is 11.8. The minimum absolute atomic E-state index is 0.287. The highest BCUT2D eigenvalue weighted by Gasteiger charge is 2.52. The van der Waals surface area contributed by atoms with Crippen LogP contribution in [0.2, 0.25) is 0 Å². The van der Waals surface area contributed by atoms with Crippen molar-refractivity contribution in [1.29, 1.82) is 0 Å². The molecule has 0 amide bonds. The van der Waals surface area contributed by atoms with Crippen molar-refractivity contribution in [1.82, 2.24) is 14.5 Å². The normalized spacial score (nSPS) is 27.4. The first-order valence-corrected chi connectivity index (χ1v) is 12.1. The van der Waals surface area contributed by atoms with Gasteiger partial charge in [-0.2, -0.15) is 0 Å². The first-order chi connectivity index (χ1) is 15.2. The van der Waals surface area contributed by atoms with Crippen molar-refractivity contribution in [3.8, 4) is 11.8 Å². The topological polar surface area (TPSA) is 159 Å². The number of aromatic nitrogens is 3. The molecule has 5 atom stereocenters. The van der Waals surface area contributed by atoms with E-state index in [4.69, 9.17) is 9.47 Å². The minimum Gasteiger partial charge on any atom is -0.387 e. The van der Waals surface area contributed by atoms with E-state index >= 15 is 0 Å². The second-order valence-corrected chi connectivity index (χ2v) is 9.73. The molecule has 4 rings (SSSR count). The van der Waals surface area contributed by atoms with Gasteiger partial charge in [0.2, 0.25) is 5.82 Å². The number of rotatable bonds is 6. The number of methoxy groups -OCH3 is 1. The Morgan fingerprint density at radius 1 is 1.28 bits per heavy atom. The highest BCUT2D eigenvalue weighted by atomic mass is 31.2. The van der Waals surface area contributed by atoms with Gasteiger partial charge in [0.05, 0.1) is 5.39 Å². The van der Waals surface area contributed by atoms with Gasteiger partial charge in [0.1, 0.15) is 29.8 Å². The summed E-state index contributed by atoms with van der Waals surface area (Å²) in [6.45, 7) is 1.68. The summed E-state index contributed by atoms with van der Waals surface area (Å²) in [5.41, 5.74) is 0.417. The van der Waals surface area contributed by atoms with E-state index in [1.54, 1.807) is 19.2 Å². The van der Waals surface area contributed by atoms with Crippen molar-refractivity contribution >= 4 is 24.4 Å². The molecule has 1 aliphatic carbocycles. The lowest BCUT2D eigenvalue weighted by Crippen LogP contribution is -2.39. The Bertz CT molecular complexity index is 1080. The van der Waals surface area contributed by atoms with Crippen molar-refractivity contribution in [2.45, 2.75) is 69.0 Å². The van der Waals surface area contributed by atoms with Gasteiger partial charge >= 0.3 is 7.60 Å². The lowest BCUT2D eigenvalue weighted by Gasteiger charge is -2.24. The van der Waals surface area contributed by atoms with Crippen LogP contribution < -0.4 is 5.32 Å². The first kappa shape index (κ1) is 23.1. The summed E-state index contributed by atoms with van der Waals surface area (Å²) in [4.78, 5) is 28.1. The van der Waals surface area contributed by atoms with Crippen LogP contribution in [0.1, 0.15) is 44.7 Å². The van der Waals surface area contributed by atoms with Gasteiger partial charge in [0.25, 0.3) is 0 Å². The van der Waals surface area contributed by atoms with Crippen molar-refractivity contribution in [3.05, 3.63) is 18.1 Å². The molecule has 0 bridgehead atoms. The van der Waals surface area contributed by atoms with Crippen molar-refractivity contribution in [3.63, 3.8) is 0 Å². The monoisotopic (exact) mass is 466 g/mol. The summed E-state index contributed by atoms with van der Waals surface area (Å²) in [7, 11) is -3.66. The van der Waals surface area contributed by atoms with Crippen molar-refractivity contribution in [2.75, 3.05) is 12.4 Å². The molecule has 2 aromatic rings. The second kappa shape index (κ2) is 9.08. The van der Waals surface area contributed by atoms with Crippen LogP contribution in [0, 0.1) is 11.8 Å².